The van der Waals surface area contributed by atoms with Crippen LogP contribution in [0.25, 0.3) is 0 Å². The number of furan rings is 1. The molecule has 1 aromatic rings. The van der Waals surface area contributed by atoms with Crippen LogP contribution < -0.4 is 5.32 Å². The van der Waals surface area contributed by atoms with E-state index in [0.717, 1.165) is 51.3 Å². The summed E-state index contributed by atoms with van der Waals surface area (Å²) >= 11 is 0. The van der Waals surface area contributed by atoms with Crippen LogP contribution in [0.15, 0.2) is 16.7 Å². The first kappa shape index (κ1) is 15.5. The van der Waals surface area contributed by atoms with Crippen molar-refractivity contribution in [1.29, 1.82) is 0 Å². The second-order valence-corrected chi connectivity index (χ2v) is 6.01. The Kier molecular flexibility index (Phi) is 5.64. The molecule has 0 amide bonds. The predicted octanol–water partition coefficient (Wildman–Crippen LogP) is 2.78. The molecule has 1 atom stereocenters. The van der Waals surface area contributed by atoms with Crippen LogP contribution in [0, 0.1) is 0 Å². The molecule has 1 N–H and O–H groups in total. The van der Waals surface area contributed by atoms with E-state index < -0.39 is 0 Å². The minimum Gasteiger partial charge on any atom is -0.468 e. The van der Waals surface area contributed by atoms with Crippen molar-refractivity contribution in [2.75, 3.05) is 26.7 Å². The molecule has 4 nitrogen and oxygen atoms in total. The van der Waals surface area contributed by atoms with Crippen LogP contribution in [0.1, 0.15) is 44.4 Å². The Morgan fingerprint density at radius 3 is 3.10 bits per heavy atom. The Balaban J connectivity index is 1.91. The van der Waals surface area contributed by atoms with Crippen molar-refractivity contribution in [3.8, 4) is 0 Å². The molecular weight excluding hydrogens is 252 g/mol. The third kappa shape index (κ3) is 4.08. The van der Waals surface area contributed by atoms with E-state index in [1.165, 1.54) is 12.0 Å². The van der Waals surface area contributed by atoms with Crippen LogP contribution in [-0.2, 0) is 17.8 Å². The van der Waals surface area contributed by atoms with Crippen molar-refractivity contribution in [2.24, 2.45) is 0 Å². The Labute approximate surface area is 122 Å². The maximum Gasteiger partial charge on any atom is 0.122 e. The van der Waals surface area contributed by atoms with Gasteiger partial charge in [-0.2, -0.15) is 0 Å². The summed E-state index contributed by atoms with van der Waals surface area (Å²) in [4.78, 5) is 2.44. The molecule has 0 spiro atoms. The zero-order valence-corrected chi connectivity index (χ0v) is 13.1. The summed E-state index contributed by atoms with van der Waals surface area (Å²) in [6.45, 7) is 9.32. The van der Waals surface area contributed by atoms with E-state index >= 15 is 0 Å². The van der Waals surface area contributed by atoms with Gasteiger partial charge in [0.1, 0.15) is 5.76 Å². The van der Waals surface area contributed by atoms with E-state index in [9.17, 15) is 0 Å². The largest absolute Gasteiger partial charge is 0.468 e. The summed E-state index contributed by atoms with van der Waals surface area (Å²) in [5.41, 5.74) is 1.27. The van der Waals surface area contributed by atoms with Gasteiger partial charge in [-0.15, -0.1) is 0 Å². The van der Waals surface area contributed by atoms with Crippen LogP contribution in [0.5, 0.6) is 0 Å². The number of hydrogen-bond acceptors (Lipinski definition) is 4. The predicted molar refractivity (Wildman–Crippen MR) is 80.6 cm³/mol. The molecule has 1 aromatic heterocycles. The molecular formula is C16H28N2O2. The van der Waals surface area contributed by atoms with Crippen molar-refractivity contribution >= 4 is 0 Å². The Hall–Kier alpha value is -0.840. The molecule has 0 aromatic carbocycles. The molecule has 1 saturated heterocycles. The minimum absolute atomic E-state index is 0.00847. The van der Waals surface area contributed by atoms with Gasteiger partial charge in [-0.05, 0) is 45.3 Å². The molecule has 2 rings (SSSR count). The summed E-state index contributed by atoms with van der Waals surface area (Å²) in [6, 6.07) is 2.08. The first-order valence-corrected chi connectivity index (χ1v) is 7.70. The molecule has 4 heteroatoms. The lowest BCUT2D eigenvalue weighted by Gasteiger charge is -2.39. The lowest BCUT2D eigenvalue weighted by molar-refractivity contribution is -0.0539. The van der Waals surface area contributed by atoms with E-state index in [4.69, 9.17) is 9.15 Å². The highest BCUT2D eigenvalue weighted by molar-refractivity contribution is 5.17. The highest BCUT2D eigenvalue weighted by Crippen LogP contribution is 2.25. The summed E-state index contributed by atoms with van der Waals surface area (Å²) in [5, 5.41) is 3.44. The van der Waals surface area contributed by atoms with Crippen LogP contribution in [0.2, 0.25) is 0 Å². The van der Waals surface area contributed by atoms with Crippen molar-refractivity contribution in [3.05, 3.63) is 23.7 Å². The highest BCUT2D eigenvalue weighted by atomic mass is 16.5. The number of hydrogen-bond donors (Lipinski definition) is 1. The van der Waals surface area contributed by atoms with Crippen LogP contribution >= 0.6 is 0 Å². The topological polar surface area (TPSA) is 37.6 Å². The van der Waals surface area contributed by atoms with Crippen molar-refractivity contribution < 1.29 is 9.15 Å². The van der Waals surface area contributed by atoms with Gasteiger partial charge in [0.15, 0.2) is 0 Å². The zero-order valence-electron chi connectivity index (χ0n) is 13.1. The van der Waals surface area contributed by atoms with Gasteiger partial charge >= 0.3 is 0 Å². The monoisotopic (exact) mass is 280 g/mol. The molecule has 1 aliphatic rings. The van der Waals surface area contributed by atoms with Crippen molar-refractivity contribution in [2.45, 2.75) is 51.8 Å². The SMILES string of the molecule is CCCNCc1ccoc1CN1CCCC(C)(OC)C1. The normalized spacial score (nSPS) is 24.1. The molecule has 0 bridgehead atoms. The van der Waals surface area contributed by atoms with Gasteiger partial charge in [-0.1, -0.05) is 6.92 Å². The number of piperidine rings is 1. The molecule has 20 heavy (non-hydrogen) atoms. The highest BCUT2D eigenvalue weighted by Gasteiger charge is 2.31. The van der Waals surface area contributed by atoms with Gasteiger partial charge in [0, 0.05) is 25.8 Å². The van der Waals surface area contributed by atoms with Gasteiger partial charge in [-0.25, -0.2) is 0 Å². The number of likely N-dealkylation sites (tertiary alicyclic amines) is 1. The number of nitrogens with zero attached hydrogens (tertiary/aromatic N) is 1. The summed E-state index contributed by atoms with van der Waals surface area (Å²) < 4.78 is 11.3. The Morgan fingerprint density at radius 1 is 1.50 bits per heavy atom. The van der Waals surface area contributed by atoms with Crippen LogP contribution in [-0.4, -0.2) is 37.2 Å². The fourth-order valence-corrected chi connectivity index (χ4v) is 2.88. The van der Waals surface area contributed by atoms with Crippen molar-refractivity contribution in [3.63, 3.8) is 0 Å². The molecule has 1 unspecified atom stereocenters. The third-order valence-corrected chi connectivity index (χ3v) is 4.18. The Morgan fingerprint density at radius 2 is 2.35 bits per heavy atom. The average molecular weight is 280 g/mol. The average Bonchev–Trinajstić information content (AvgIpc) is 2.87. The van der Waals surface area contributed by atoms with E-state index in [1.807, 2.05) is 7.11 Å². The molecule has 1 fully saturated rings. The zero-order chi connectivity index (χ0) is 14.4. The van der Waals surface area contributed by atoms with E-state index in [2.05, 4.69) is 30.1 Å². The van der Waals surface area contributed by atoms with Crippen LogP contribution in [0.3, 0.4) is 0 Å². The fourth-order valence-electron chi connectivity index (χ4n) is 2.88. The lowest BCUT2D eigenvalue weighted by atomic mass is 9.94. The summed E-state index contributed by atoms with van der Waals surface area (Å²) in [6.07, 6.45) is 5.29. The molecule has 0 radical (unpaired) electrons. The lowest BCUT2D eigenvalue weighted by Crippen LogP contribution is -2.46. The second kappa shape index (κ2) is 7.25. The first-order valence-electron chi connectivity index (χ1n) is 7.70. The van der Waals surface area contributed by atoms with Gasteiger partial charge in [-0.3, -0.25) is 4.90 Å². The molecule has 114 valence electrons. The smallest absolute Gasteiger partial charge is 0.122 e. The Bertz CT molecular complexity index is 405. The number of methoxy groups -OCH3 is 1. The molecule has 1 aliphatic heterocycles. The standard InChI is InChI=1S/C16H28N2O2/c1-4-8-17-11-14-6-10-20-15(14)12-18-9-5-7-16(2,13-18)19-3/h6,10,17H,4-5,7-9,11-13H2,1-3H3. The second-order valence-electron chi connectivity index (χ2n) is 6.01. The molecule has 2 heterocycles. The van der Waals surface area contributed by atoms with E-state index in [0.29, 0.717) is 0 Å². The van der Waals surface area contributed by atoms with Crippen molar-refractivity contribution in [1.82, 2.24) is 10.2 Å². The summed E-state index contributed by atoms with van der Waals surface area (Å²) in [7, 11) is 1.82. The number of ether oxygens (including phenoxy) is 1. The quantitative estimate of drug-likeness (QED) is 0.779. The minimum atomic E-state index is -0.00847. The third-order valence-electron chi connectivity index (χ3n) is 4.18. The molecule has 0 saturated carbocycles. The maximum atomic E-state index is 5.68. The van der Waals surface area contributed by atoms with E-state index in [1.54, 1.807) is 6.26 Å². The number of rotatable bonds is 7. The van der Waals surface area contributed by atoms with Gasteiger partial charge in [0.05, 0.1) is 18.4 Å². The fraction of sp³-hybridized carbons (Fsp3) is 0.750. The van der Waals surface area contributed by atoms with Gasteiger partial charge in [0.2, 0.25) is 0 Å². The van der Waals surface area contributed by atoms with Gasteiger partial charge in [0.25, 0.3) is 0 Å². The number of nitrogens with one attached hydrogen (secondary N) is 1. The molecule has 0 aliphatic carbocycles. The first-order chi connectivity index (χ1) is 9.67. The maximum absolute atomic E-state index is 5.68. The van der Waals surface area contributed by atoms with Gasteiger partial charge < -0.3 is 14.5 Å². The van der Waals surface area contributed by atoms with Crippen LogP contribution in [0.4, 0.5) is 0 Å². The van der Waals surface area contributed by atoms with E-state index in [-0.39, 0.29) is 5.60 Å². The summed E-state index contributed by atoms with van der Waals surface area (Å²) in [5.74, 6) is 1.09.